The Hall–Kier alpha value is -2.66. The minimum atomic E-state index is -1.03. The van der Waals surface area contributed by atoms with Gasteiger partial charge < -0.3 is 15.2 Å². The number of benzene rings is 1. The Labute approximate surface area is 113 Å². The third kappa shape index (κ3) is 2.53. The minimum Gasteiger partial charge on any atom is -0.481 e. The van der Waals surface area contributed by atoms with Gasteiger partial charge >= 0.3 is 11.7 Å². The van der Waals surface area contributed by atoms with Crippen LogP contribution >= 0.6 is 0 Å². The van der Waals surface area contributed by atoms with Crippen LogP contribution in [0.5, 0.6) is 0 Å². The van der Waals surface area contributed by atoms with E-state index in [1.54, 1.807) is 6.07 Å². The summed E-state index contributed by atoms with van der Waals surface area (Å²) in [6.45, 7) is 0.198. The topological polar surface area (TPSA) is 125 Å². The normalized spacial score (nSPS) is 21.1. The van der Waals surface area contributed by atoms with Crippen LogP contribution in [-0.2, 0) is 9.53 Å². The molecule has 2 rings (SSSR count). The van der Waals surface area contributed by atoms with Gasteiger partial charge in [-0.25, -0.2) is 0 Å². The van der Waals surface area contributed by atoms with E-state index in [-0.39, 0.29) is 30.2 Å². The van der Waals surface area contributed by atoms with Gasteiger partial charge in [-0.3, -0.25) is 14.9 Å². The van der Waals surface area contributed by atoms with E-state index in [2.05, 4.69) is 5.32 Å². The number of ether oxygens (including phenoxy) is 1. The first-order valence-electron chi connectivity index (χ1n) is 5.79. The maximum atomic E-state index is 11.1. The van der Waals surface area contributed by atoms with E-state index < -0.39 is 22.9 Å². The highest BCUT2D eigenvalue weighted by Gasteiger charge is 2.35. The van der Waals surface area contributed by atoms with Gasteiger partial charge in [0.15, 0.2) is 0 Å². The van der Waals surface area contributed by atoms with Gasteiger partial charge in [-0.05, 0) is 12.1 Å². The van der Waals surface area contributed by atoms with Crippen LogP contribution in [-0.4, -0.2) is 35.3 Å². The molecule has 8 nitrogen and oxygen atoms in total. The lowest BCUT2D eigenvalue weighted by atomic mass is 10.0. The number of carbonyl (C=O) groups is 1. The number of nitrogens with one attached hydrogen (secondary N) is 1. The molecule has 1 aromatic carbocycles. The zero-order valence-corrected chi connectivity index (χ0v) is 10.3. The van der Waals surface area contributed by atoms with Crippen molar-refractivity contribution in [3.05, 3.63) is 33.9 Å². The number of nitro benzene ring substituents is 1. The first-order valence-corrected chi connectivity index (χ1v) is 5.79. The van der Waals surface area contributed by atoms with Crippen LogP contribution < -0.4 is 5.32 Å². The number of aliphatic carboxylic acids is 1. The Bertz CT molecular complexity index is 595. The lowest BCUT2D eigenvalue weighted by molar-refractivity contribution is -0.384. The van der Waals surface area contributed by atoms with Crippen LogP contribution in [0.15, 0.2) is 18.2 Å². The summed E-state index contributed by atoms with van der Waals surface area (Å²) in [7, 11) is 0. The zero-order valence-electron chi connectivity index (χ0n) is 10.3. The molecule has 2 unspecified atom stereocenters. The Morgan fingerprint density at radius 3 is 2.90 bits per heavy atom. The number of hydrogen-bond acceptors (Lipinski definition) is 6. The smallest absolute Gasteiger partial charge is 0.311 e. The van der Waals surface area contributed by atoms with Crippen LogP contribution in [0.2, 0.25) is 0 Å². The summed E-state index contributed by atoms with van der Waals surface area (Å²) >= 11 is 0. The first kappa shape index (κ1) is 13.8. The van der Waals surface area contributed by atoms with E-state index in [0.717, 1.165) is 0 Å². The molecule has 0 bridgehead atoms. The number of carboxylic acid groups (broad SMARTS) is 1. The van der Waals surface area contributed by atoms with Crippen molar-refractivity contribution in [1.82, 2.24) is 0 Å². The molecule has 104 valence electrons. The molecule has 2 atom stereocenters. The van der Waals surface area contributed by atoms with Crippen molar-refractivity contribution in [2.45, 2.75) is 6.04 Å². The predicted octanol–water partition coefficient (Wildman–Crippen LogP) is 0.978. The van der Waals surface area contributed by atoms with Gasteiger partial charge in [-0.2, -0.15) is 5.26 Å². The van der Waals surface area contributed by atoms with Crippen molar-refractivity contribution in [3.8, 4) is 6.07 Å². The Morgan fingerprint density at radius 2 is 2.30 bits per heavy atom. The number of hydrogen-bond donors (Lipinski definition) is 2. The molecule has 1 heterocycles. The number of para-hydroxylation sites is 1. The predicted molar refractivity (Wildman–Crippen MR) is 67.2 cm³/mol. The second-order valence-electron chi connectivity index (χ2n) is 4.30. The minimum absolute atomic E-state index is 0.0543. The van der Waals surface area contributed by atoms with Crippen LogP contribution in [0.4, 0.5) is 11.4 Å². The number of nitro groups is 1. The summed E-state index contributed by atoms with van der Waals surface area (Å²) in [5.74, 6) is -1.81. The van der Waals surface area contributed by atoms with Gasteiger partial charge in [0.2, 0.25) is 0 Å². The van der Waals surface area contributed by atoms with Crippen LogP contribution in [0.1, 0.15) is 5.56 Å². The molecule has 0 radical (unpaired) electrons. The fourth-order valence-corrected chi connectivity index (χ4v) is 2.09. The van der Waals surface area contributed by atoms with Crippen molar-refractivity contribution in [2.24, 2.45) is 5.92 Å². The lowest BCUT2D eigenvalue weighted by Gasteiger charge is -2.17. The molecule has 0 aromatic heterocycles. The molecule has 1 saturated heterocycles. The number of anilines is 1. The van der Waals surface area contributed by atoms with Crippen LogP contribution in [0.25, 0.3) is 0 Å². The molecular formula is C12H11N3O5. The third-order valence-corrected chi connectivity index (χ3v) is 3.08. The van der Waals surface area contributed by atoms with Gasteiger partial charge in [-0.15, -0.1) is 0 Å². The molecular weight excluding hydrogens is 266 g/mol. The first-order chi connectivity index (χ1) is 9.54. The van der Waals surface area contributed by atoms with Crippen molar-refractivity contribution >= 4 is 17.3 Å². The molecule has 2 N–H and O–H groups in total. The van der Waals surface area contributed by atoms with E-state index in [1.165, 1.54) is 18.2 Å². The molecule has 1 aromatic rings. The van der Waals surface area contributed by atoms with Crippen molar-refractivity contribution < 1.29 is 19.6 Å². The highest BCUT2D eigenvalue weighted by atomic mass is 16.6. The van der Waals surface area contributed by atoms with Crippen molar-refractivity contribution in [1.29, 1.82) is 5.26 Å². The summed E-state index contributed by atoms with van der Waals surface area (Å²) in [5, 5.41) is 31.8. The molecule has 1 aliphatic heterocycles. The average Bonchev–Trinajstić information content (AvgIpc) is 2.86. The zero-order chi connectivity index (χ0) is 14.7. The van der Waals surface area contributed by atoms with Crippen LogP contribution in [0.3, 0.4) is 0 Å². The molecule has 1 fully saturated rings. The van der Waals surface area contributed by atoms with Gasteiger partial charge in [0.1, 0.15) is 23.2 Å². The summed E-state index contributed by atoms with van der Waals surface area (Å²) in [5.41, 5.74) is -0.312. The summed E-state index contributed by atoms with van der Waals surface area (Å²) in [6.07, 6.45) is 0. The summed E-state index contributed by atoms with van der Waals surface area (Å²) in [6, 6.07) is 5.45. The molecule has 8 heteroatoms. The van der Waals surface area contributed by atoms with Gasteiger partial charge in [-0.1, -0.05) is 6.07 Å². The number of nitrogens with zero attached hydrogens (tertiary/aromatic N) is 2. The monoisotopic (exact) mass is 277 g/mol. The fourth-order valence-electron chi connectivity index (χ4n) is 2.09. The van der Waals surface area contributed by atoms with E-state index in [1.807, 2.05) is 0 Å². The quantitative estimate of drug-likeness (QED) is 0.620. The van der Waals surface area contributed by atoms with Gasteiger partial charge in [0.05, 0.1) is 24.2 Å². The molecule has 0 amide bonds. The molecule has 1 aliphatic rings. The largest absolute Gasteiger partial charge is 0.481 e. The Kier molecular flexibility index (Phi) is 3.81. The second kappa shape index (κ2) is 5.54. The Morgan fingerprint density at radius 1 is 1.55 bits per heavy atom. The molecule has 0 spiro atoms. The van der Waals surface area contributed by atoms with Crippen LogP contribution in [0, 0.1) is 27.4 Å². The summed E-state index contributed by atoms with van der Waals surface area (Å²) < 4.78 is 5.08. The summed E-state index contributed by atoms with van der Waals surface area (Å²) in [4.78, 5) is 21.4. The van der Waals surface area contributed by atoms with E-state index in [0.29, 0.717) is 0 Å². The van der Waals surface area contributed by atoms with Gasteiger partial charge in [0, 0.05) is 0 Å². The van der Waals surface area contributed by atoms with Crippen molar-refractivity contribution in [3.63, 3.8) is 0 Å². The third-order valence-electron chi connectivity index (χ3n) is 3.08. The maximum absolute atomic E-state index is 11.1. The number of rotatable bonds is 4. The maximum Gasteiger partial charge on any atom is 0.311 e. The standard InChI is InChI=1S/C12H11N3O5/c13-4-7-2-1-3-9(11(7)15(18)19)14-10-6-20-5-8(10)12(16)17/h1-3,8,10,14H,5-6H2,(H,16,17). The second-order valence-corrected chi connectivity index (χ2v) is 4.30. The Balaban J connectivity index is 2.32. The molecule has 0 saturated carbocycles. The van der Waals surface area contributed by atoms with Crippen molar-refractivity contribution in [2.75, 3.05) is 18.5 Å². The highest BCUT2D eigenvalue weighted by molar-refractivity contribution is 5.74. The van der Waals surface area contributed by atoms with E-state index in [4.69, 9.17) is 15.1 Å². The number of nitriles is 1. The van der Waals surface area contributed by atoms with E-state index in [9.17, 15) is 14.9 Å². The SMILES string of the molecule is N#Cc1cccc(NC2COCC2C(=O)O)c1[N+](=O)[O-]. The van der Waals surface area contributed by atoms with E-state index >= 15 is 0 Å². The van der Waals surface area contributed by atoms with Gasteiger partial charge in [0.25, 0.3) is 0 Å². The lowest BCUT2D eigenvalue weighted by Crippen LogP contribution is -2.33. The number of carboxylic acids is 1. The fraction of sp³-hybridized carbons (Fsp3) is 0.333. The average molecular weight is 277 g/mol. The molecule has 0 aliphatic carbocycles. The highest BCUT2D eigenvalue weighted by Crippen LogP contribution is 2.30. The molecule has 20 heavy (non-hydrogen) atoms.